The number of halogens is 1. The van der Waals surface area contributed by atoms with E-state index in [9.17, 15) is 14.9 Å². The second-order valence-electron chi connectivity index (χ2n) is 6.17. The molecular formula is C19H19BrN2O4S. The van der Waals surface area contributed by atoms with Crippen molar-refractivity contribution >= 4 is 39.3 Å². The molecule has 1 saturated heterocycles. The van der Waals surface area contributed by atoms with E-state index in [0.717, 1.165) is 40.1 Å². The quantitative estimate of drug-likeness (QED) is 0.358. The van der Waals surface area contributed by atoms with E-state index >= 15 is 0 Å². The van der Waals surface area contributed by atoms with Crippen LogP contribution in [0.2, 0.25) is 0 Å². The van der Waals surface area contributed by atoms with Crippen molar-refractivity contribution in [3.05, 3.63) is 62.6 Å². The number of methoxy groups -OCH3 is 1. The lowest BCUT2D eigenvalue weighted by Gasteiger charge is -2.26. The number of carbonyl (C=O) groups is 1. The van der Waals surface area contributed by atoms with Crippen LogP contribution in [0.15, 0.2) is 51.8 Å². The number of nitrogens with zero attached hydrogens (tertiary/aromatic N) is 2. The fraction of sp³-hybridized carbons (Fsp3) is 0.316. The molecule has 0 aliphatic carbocycles. The first kappa shape index (κ1) is 19.7. The highest BCUT2D eigenvalue weighted by atomic mass is 79.9. The van der Waals surface area contributed by atoms with Crippen molar-refractivity contribution in [2.75, 3.05) is 19.4 Å². The fourth-order valence-corrected chi connectivity index (χ4v) is 4.41. The van der Waals surface area contributed by atoms with Gasteiger partial charge in [0.15, 0.2) is 0 Å². The molecule has 0 spiro atoms. The molecule has 6 nitrogen and oxygen atoms in total. The average molecular weight is 451 g/mol. The van der Waals surface area contributed by atoms with Gasteiger partial charge in [-0.1, -0.05) is 15.9 Å². The molecule has 1 amide bonds. The molecule has 0 radical (unpaired) electrons. The van der Waals surface area contributed by atoms with Crippen LogP contribution in [-0.2, 0) is 4.79 Å². The summed E-state index contributed by atoms with van der Waals surface area (Å²) in [5.74, 6) is 1.14. The molecule has 1 fully saturated rings. The van der Waals surface area contributed by atoms with Gasteiger partial charge >= 0.3 is 0 Å². The number of thioether (sulfide) groups is 1. The van der Waals surface area contributed by atoms with Crippen molar-refractivity contribution in [3.8, 4) is 5.75 Å². The lowest BCUT2D eigenvalue weighted by Crippen LogP contribution is -2.32. The third-order valence-electron chi connectivity index (χ3n) is 4.53. The molecule has 27 heavy (non-hydrogen) atoms. The van der Waals surface area contributed by atoms with Crippen LogP contribution in [0.25, 0.3) is 0 Å². The van der Waals surface area contributed by atoms with Crippen LogP contribution in [0.4, 0.5) is 5.69 Å². The first-order valence-corrected chi connectivity index (χ1v) is 10.3. The number of non-ortho nitro benzene ring substituents is 1. The molecule has 0 bridgehead atoms. The van der Waals surface area contributed by atoms with Crippen molar-refractivity contribution < 1.29 is 14.5 Å². The van der Waals surface area contributed by atoms with E-state index in [0.29, 0.717) is 5.75 Å². The molecule has 1 heterocycles. The lowest BCUT2D eigenvalue weighted by atomic mass is 10.0. The molecule has 0 aromatic heterocycles. The fourth-order valence-electron chi connectivity index (χ4n) is 3.25. The maximum Gasteiger partial charge on any atom is 0.269 e. The summed E-state index contributed by atoms with van der Waals surface area (Å²) in [6.07, 6.45) is 1.86. The first-order valence-electron chi connectivity index (χ1n) is 8.49. The first-order chi connectivity index (χ1) is 13.0. The Morgan fingerprint density at radius 1 is 1.33 bits per heavy atom. The van der Waals surface area contributed by atoms with E-state index in [1.165, 1.54) is 23.9 Å². The lowest BCUT2D eigenvalue weighted by molar-refractivity contribution is -0.384. The SMILES string of the molecule is COc1ccc(Br)cc1[C@H]1CCCN1C(=O)CSc1ccc([N+](=O)[O-])cc1. The zero-order chi connectivity index (χ0) is 19.4. The molecule has 0 unspecified atom stereocenters. The number of carbonyl (C=O) groups excluding carboxylic acids is 1. The second kappa shape index (κ2) is 8.75. The average Bonchev–Trinajstić information content (AvgIpc) is 3.16. The number of hydrogen-bond acceptors (Lipinski definition) is 5. The number of benzene rings is 2. The smallest absolute Gasteiger partial charge is 0.269 e. The zero-order valence-corrected chi connectivity index (χ0v) is 17.2. The van der Waals surface area contributed by atoms with E-state index in [1.54, 1.807) is 19.2 Å². The largest absolute Gasteiger partial charge is 0.496 e. The highest BCUT2D eigenvalue weighted by Gasteiger charge is 2.31. The summed E-state index contributed by atoms with van der Waals surface area (Å²) in [6, 6.07) is 12.1. The number of nitro groups is 1. The summed E-state index contributed by atoms with van der Waals surface area (Å²) in [4.78, 5) is 25.8. The summed E-state index contributed by atoms with van der Waals surface area (Å²) in [5.41, 5.74) is 1.06. The number of nitro benzene ring substituents is 1. The summed E-state index contributed by atoms with van der Waals surface area (Å²) in [7, 11) is 1.64. The Morgan fingerprint density at radius 3 is 2.74 bits per heavy atom. The van der Waals surface area contributed by atoms with Crippen LogP contribution in [0.3, 0.4) is 0 Å². The molecule has 3 rings (SSSR count). The Bertz CT molecular complexity index is 844. The molecule has 1 atom stereocenters. The third kappa shape index (κ3) is 4.62. The molecule has 1 aliphatic heterocycles. The molecule has 0 saturated carbocycles. The standard InChI is InChI=1S/C19H19BrN2O4S/c1-26-18-9-4-13(20)11-16(18)17-3-2-10-21(17)19(23)12-27-15-7-5-14(6-8-15)22(24)25/h4-9,11,17H,2-3,10,12H2,1H3/t17-/m1/s1. The van der Waals surface area contributed by atoms with Gasteiger partial charge in [-0.05, 0) is 43.2 Å². The van der Waals surface area contributed by atoms with Crippen LogP contribution in [0.1, 0.15) is 24.4 Å². The van der Waals surface area contributed by atoms with Crippen molar-refractivity contribution in [2.45, 2.75) is 23.8 Å². The maximum atomic E-state index is 12.8. The third-order valence-corrected chi connectivity index (χ3v) is 6.02. The van der Waals surface area contributed by atoms with E-state index in [1.807, 2.05) is 23.1 Å². The Balaban J connectivity index is 1.69. The number of rotatable bonds is 6. The molecule has 2 aromatic carbocycles. The van der Waals surface area contributed by atoms with Crippen LogP contribution in [0, 0.1) is 10.1 Å². The Labute approximate surface area is 170 Å². The van der Waals surface area contributed by atoms with Crippen LogP contribution >= 0.6 is 27.7 Å². The Morgan fingerprint density at radius 2 is 2.07 bits per heavy atom. The van der Waals surface area contributed by atoms with Gasteiger partial charge < -0.3 is 9.64 Å². The van der Waals surface area contributed by atoms with E-state index in [2.05, 4.69) is 15.9 Å². The minimum Gasteiger partial charge on any atom is -0.496 e. The van der Waals surface area contributed by atoms with Gasteiger partial charge in [0.05, 0.1) is 23.8 Å². The Hall–Kier alpha value is -2.06. The topological polar surface area (TPSA) is 72.7 Å². The van der Waals surface area contributed by atoms with E-state index < -0.39 is 4.92 Å². The number of hydrogen-bond donors (Lipinski definition) is 0. The normalized spacial score (nSPS) is 16.4. The number of likely N-dealkylation sites (tertiary alicyclic amines) is 1. The predicted molar refractivity (Wildman–Crippen MR) is 108 cm³/mol. The zero-order valence-electron chi connectivity index (χ0n) is 14.8. The van der Waals surface area contributed by atoms with Gasteiger partial charge in [0.1, 0.15) is 5.75 Å². The summed E-state index contributed by atoms with van der Waals surface area (Å²) >= 11 is 4.89. The van der Waals surface area contributed by atoms with E-state index in [-0.39, 0.29) is 17.6 Å². The number of ether oxygens (including phenoxy) is 1. The number of amides is 1. The summed E-state index contributed by atoms with van der Waals surface area (Å²) < 4.78 is 6.44. The van der Waals surface area contributed by atoms with Gasteiger partial charge in [-0.2, -0.15) is 0 Å². The van der Waals surface area contributed by atoms with Gasteiger partial charge in [0.25, 0.3) is 5.69 Å². The highest BCUT2D eigenvalue weighted by molar-refractivity contribution is 9.10. The van der Waals surface area contributed by atoms with Crippen molar-refractivity contribution in [3.63, 3.8) is 0 Å². The van der Waals surface area contributed by atoms with Crippen LogP contribution in [-0.4, -0.2) is 35.1 Å². The van der Waals surface area contributed by atoms with Gasteiger partial charge in [0, 0.05) is 33.6 Å². The van der Waals surface area contributed by atoms with Gasteiger partial charge in [-0.15, -0.1) is 11.8 Å². The predicted octanol–water partition coefficient (Wildman–Crippen LogP) is 4.82. The van der Waals surface area contributed by atoms with E-state index in [4.69, 9.17) is 4.74 Å². The van der Waals surface area contributed by atoms with Gasteiger partial charge in [-0.3, -0.25) is 14.9 Å². The second-order valence-corrected chi connectivity index (χ2v) is 8.14. The summed E-state index contributed by atoms with van der Waals surface area (Å²) in [6.45, 7) is 0.722. The molecule has 8 heteroatoms. The molecule has 0 N–H and O–H groups in total. The Kier molecular flexibility index (Phi) is 6.38. The molecule has 142 valence electrons. The van der Waals surface area contributed by atoms with Gasteiger partial charge in [0.2, 0.25) is 5.91 Å². The van der Waals surface area contributed by atoms with Crippen molar-refractivity contribution in [1.29, 1.82) is 0 Å². The van der Waals surface area contributed by atoms with Crippen molar-refractivity contribution in [2.24, 2.45) is 0 Å². The minimum absolute atomic E-state index is 0.00223. The molecule has 1 aliphatic rings. The highest BCUT2D eigenvalue weighted by Crippen LogP contribution is 2.39. The summed E-state index contributed by atoms with van der Waals surface area (Å²) in [5, 5.41) is 10.7. The molecular weight excluding hydrogens is 432 g/mol. The van der Waals surface area contributed by atoms with Crippen molar-refractivity contribution in [1.82, 2.24) is 4.90 Å². The molecule has 2 aromatic rings. The van der Waals surface area contributed by atoms with Crippen LogP contribution in [0.5, 0.6) is 5.75 Å². The maximum absolute atomic E-state index is 12.8. The minimum atomic E-state index is -0.431. The van der Waals surface area contributed by atoms with Gasteiger partial charge in [-0.25, -0.2) is 0 Å². The monoisotopic (exact) mass is 450 g/mol. The van der Waals surface area contributed by atoms with Crippen LogP contribution < -0.4 is 4.74 Å².